The maximum Gasteiger partial charge on any atom is 0.320 e. The second-order valence-electron chi connectivity index (χ2n) is 4.08. The van der Waals surface area contributed by atoms with Crippen LogP contribution in [0.15, 0.2) is 48.8 Å². The third-order valence-electron chi connectivity index (χ3n) is 2.57. The van der Waals surface area contributed by atoms with E-state index in [9.17, 15) is 4.79 Å². The molecule has 1 aromatic carbocycles. The molecule has 1 aromatic heterocycles. The third kappa shape index (κ3) is 3.79. The number of nitrogens with two attached hydrogens (primary N) is 1. The summed E-state index contributed by atoms with van der Waals surface area (Å²) in [6, 6.07) is 9.86. The lowest BCUT2D eigenvalue weighted by molar-refractivity contribution is -0.138. The number of carboxylic acids is 1. The summed E-state index contributed by atoms with van der Waals surface area (Å²) in [4.78, 5) is 14.6. The van der Waals surface area contributed by atoms with Crippen LogP contribution in [-0.2, 0) is 11.2 Å². The molecule has 98 valence electrons. The number of ether oxygens (including phenoxy) is 1. The second kappa shape index (κ2) is 5.97. The maximum absolute atomic E-state index is 10.7. The fraction of sp³-hybridized carbons (Fsp3) is 0.143. The van der Waals surface area contributed by atoms with Gasteiger partial charge in [0.2, 0.25) is 0 Å². The Morgan fingerprint density at radius 3 is 2.58 bits per heavy atom. The van der Waals surface area contributed by atoms with Crippen LogP contribution < -0.4 is 10.5 Å². The molecule has 3 N–H and O–H groups in total. The van der Waals surface area contributed by atoms with Crippen molar-refractivity contribution in [3.63, 3.8) is 0 Å². The molecule has 2 rings (SSSR count). The van der Waals surface area contributed by atoms with E-state index in [1.165, 1.54) is 0 Å². The van der Waals surface area contributed by atoms with Crippen molar-refractivity contribution in [1.29, 1.82) is 0 Å². The van der Waals surface area contributed by atoms with E-state index in [1.807, 2.05) is 0 Å². The molecule has 0 unspecified atom stereocenters. The lowest BCUT2D eigenvalue weighted by Crippen LogP contribution is -2.32. The largest absolute Gasteiger partial charge is 0.480 e. The van der Waals surface area contributed by atoms with Crippen molar-refractivity contribution in [2.75, 3.05) is 0 Å². The first-order valence-electron chi connectivity index (χ1n) is 5.80. The molecule has 1 heterocycles. The Morgan fingerprint density at radius 1 is 1.26 bits per heavy atom. The molecule has 0 aliphatic carbocycles. The van der Waals surface area contributed by atoms with Gasteiger partial charge in [0.25, 0.3) is 0 Å². The lowest BCUT2D eigenvalue weighted by atomic mass is 10.1. The van der Waals surface area contributed by atoms with E-state index in [0.29, 0.717) is 17.9 Å². The van der Waals surface area contributed by atoms with Crippen molar-refractivity contribution in [2.24, 2.45) is 5.73 Å². The number of nitrogens with zero attached hydrogens (tertiary/aromatic N) is 1. The molecule has 1 atom stereocenters. The van der Waals surface area contributed by atoms with Crippen molar-refractivity contribution < 1.29 is 14.6 Å². The minimum Gasteiger partial charge on any atom is -0.480 e. The van der Waals surface area contributed by atoms with Crippen molar-refractivity contribution in [1.82, 2.24) is 4.98 Å². The zero-order valence-electron chi connectivity index (χ0n) is 10.2. The van der Waals surface area contributed by atoms with Crippen LogP contribution in [0.5, 0.6) is 11.5 Å². The summed E-state index contributed by atoms with van der Waals surface area (Å²) in [7, 11) is 0. The van der Waals surface area contributed by atoms with Crippen molar-refractivity contribution in [3.05, 3.63) is 54.4 Å². The fourth-order valence-electron chi connectivity index (χ4n) is 1.58. The van der Waals surface area contributed by atoms with Gasteiger partial charge in [0.15, 0.2) is 0 Å². The fourth-order valence-corrected chi connectivity index (χ4v) is 1.58. The van der Waals surface area contributed by atoms with Gasteiger partial charge in [-0.25, -0.2) is 0 Å². The molecule has 0 bridgehead atoms. The van der Waals surface area contributed by atoms with Crippen LogP contribution in [0.2, 0.25) is 0 Å². The number of benzene rings is 1. The normalized spacial score (nSPS) is 11.8. The van der Waals surface area contributed by atoms with Crippen LogP contribution in [0.1, 0.15) is 5.56 Å². The van der Waals surface area contributed by atoms with Gasteiger partial charge in [-0.15, -0.1) is 0 Å². The predicted molar refractivity (Wildman–Crippen MR) is 70.1 cm³/mol. The van der Waals surface area contributed by atoms with Crippen LogP contribution >= 0.6 is 0 Å². The number of carbonyl (C=O) groups is 1. The Labute approximate surface area is 110 Å². The summed E-state index contributed by atoms with van der Waals surface area (Å²) >= 11 is 0. The standard InChI is InChI=1S/C14H14N2O3/c15-13(14(17)18)8-10-3-5-11(6-4-10)19-12-2-1-7-16-9-12/h1-7,9,13H,8,15H2,(H,17,18)/t13-/m0/s1. The van der Waals surface area contributed by atoms with E-state index in [-0.39, 0.29) is 0 Å². The van der Waals surface area contributed by atoms with Gasteiger partial charge >= 0.3 is 5.97 Å². The molecule has 0 saturated heterocycles. The highest BCUT2D eigenvalue weighted by Crippen LogP contribution is 2.20. The highest BCUT2D eigenvalue weighted by atomic mass is 16.5. The highest BCUT2D eigenvalue weighted by molar-refractivity contribution is 5.73. The van der Waals surface area contributed by atoms with Gasteiger partial charge in [0, 0.05) is 6.20 Å². The van der Waals surface area contributed by atoms with Gasteiger partial charge in [-0.3, -0.25) is 9.78 Å². The van der Waals surface area contributed by atoms with Gasteiger partial charge in [-0.05, 0) is 36.2 Å². The van der Waals surface area contributed by atoms with Crippen molar-refractivity contribution >= 4 is 5.97 Å². The summed E-state index contributed by atoms with van der Waals surface area (Å²) in [6.07, 6.45) is 3.58. The Hall–Kier alpha value is -2.40. The summed E-state index contributed by atoms with van der Waals surface area (Å²) in [5.41, 5.74) is 6.33. The Morgan fingerprint density at radius 2 is 2.00 bits per heavy atom. The number of aliphatic carboxylic acids is 1. The lowest BCUT2D eigenvalue weighted by Gasteiger charge is -2.08. The van der Waals surface area contributed by atoms with E-state index in [1.54, 1.807) is 48.8 Å². The molecule has 19 heavy (non-hydrogen) atoms. The van der Waals surface area contributed by atoms with E-state index >= 15 is 0 Å². The third-order valence-corrected chi connectivity index (χ3v) is 2.57. The Bertz CT molecular complexity index is 540. The van der Waals surface area contributed by atoms with Gasteiger partial charge in [0.05, 0.1) is 6.20 Å². The average Bonchev–Trinajstić information content (AvgIpc) is 2.42. The van der Waals surface area contributed by atoms with Gasteiger partial charge in [-0.1, -0.05) is 12.1 Å². The predicted octanol–water partition coefficient (Wildman–Crippen LogP) is 1.83. The molecule has 5 nitrogen and oxygen atoms in total. The first-order chi connectivity index (χ1) is 9.15. The van der Waals surface area contributed by atoms with Crippen molar-refractivity contribution in [2.45, 2.75) is 12.5 Å². The number of hydrogen-bond donors (Lipinski definition) is 2. The van der Waals surface area contributed by atoms with Crippen LogP contribution in [0.4, 0.5) is 0 Å². The number of rotatable bonds is 5. The Kier molecular flexibility index (Phi) is 4.10. The molecule has 0 aliphatic rings. The maximum atomic E-state index is 10.7. The zero-order chi connectivity index (χ0) is 13.7. The number of aromatic nitrogens is 1. The van der Waals surface area contributed by atoms with Crippen LogP contribution in [0.25, 0.3) is 0 Å². The molecule has 0 radical (unpaired) electrons. The molecule has 0 saturated carbocycles. The average molecular weight is 258 g/mol. The quantitative estimate of drug-likeness (QED) is 0.854. The van der Waals surface area contributed by atoms with E-state index < -0.39 is 12.0 Å². The molecule has 2 aromatic rings. The summed E-state index contributed by atoms with van der Waals surface area (Å²) < 4.78 is 5.58. The van der Waals surface area contributed by atoms with Crippen LogP contribution in [0, 0.1) is 0 Å². The topological polar surface area (TPSA) is 85.4 Å². The highest BCUT2D eigenvalue weighted by Gasteiger charge is 2.11. The number of pyridine rings is 1. The van der Waals surface area contributed by atoms with Gasteiger partial charge in [0.1, 0.15) is 17.5 Å². The van der Waals surface area contributed by atoms with E-state index in [4.69, 9.17) is 15.6 Å². The summed E-state index contributed by atoms with van der Waals surface area (Å²) in [5.74, 6) is 0.314. The molecule has 0 fully saturated rings. The number of hydrogen-bond acceptors (Lipinski definition) is 4. The SMILES string of the molecule is N[C@@H](Cc1ccc(Oc2cccnc2)cc1)C(=O)O. The smallest absolute Gasteiger partial charge is 0.320 e. The monoisotopic (exact) mass is 258 g/mol. The molecular formula is C14H14N2O3. The second-order valence-corrected chi connectivity index (χ2v) is 4.08. The van der Waals surface area contributed by atoms with Gasteiger partial charge < -0.3 is 15.6 Å². The summed E-state index contributed by atoms with van der Waals surface area (Å²) in [6.45, 7) is 0. The molecule has 0 spiro atoms. The first-order valence-corrected chi connectivity index (χ1v) is 5.80. The molecule has 0 amide bonds. The van der Waals surface area contributed by atoms with Crippen molar-refractivity contribution in [3.8, 4) is 11.5 Å². The van der Waals surface area contributed by atoms with Gasteiger partial charge in [-0.2, -0.15) is 0 Å². The molecule has 0 aliphatic heterocycles. The minimum atomic E-state index is -1.00. The zero-order valence-corrected chi connectivity index (χ0v) is 10.2. The Balaban J connectivity index is 2.01. The van der Waals surface area contributed by atoms with Crippen LogP contribution in [-0.4, -0.2) is 22.1 Å². The minimum absolute atomic E-state index is 0.294. The van der Waals surface area contributed by atoms with E-state index in [0.717, 1.165) is 5.56 Å². The molecular weight excluding hydrogens is 244 g/mol. The molecule has 5 heteroatoms. The summed E-state index contributed by atoms with van der Waals surface area (Å²) in [5, 5.41) is 8.74. The first kappa shape index (κ1) is 13.0. The number of carboxylic acid groups (broad SMARTS) is 1. The van der Waals surface area contributed by atoms with E-state index in [2.05, 4.69) is 4.98 Å². The van der Waals surface area contributed by atoms with Crippen LogP contribution in [0.3, 0.4) is 0 Å².